The molecule has 1 aromatic rings. The van der Waals surface area contributed by atoms with Crippen molar-refractivity contribution >= 4 is 17.3 Å². The average molecular weight is 212 g/mol. The molecule has 78 valence electrons. The Balaban J connectivity index is 2.94. The molecule has 0 aliphatic heterocycles. The third-order valence-corrected chi connectivity index (χ3v) is 3.11. The number of ether oxygens (including phenoxy) is 1. The van der Waals surface area contributed by atoms with Crippen LogP contribution in [0.4, 0.5) is 0 Å². The van der Waals surface area contributed by atoms with E-state index in [0.29, 0.717) is 0 Å². The second kappa shape index (κ2) is 4.60. The summed E-state index contributed by atoms with van der Waals surface area (Å²) in [5, 5.41) is 2.04. The molecule has 0 N–H and O–H groups in total. The van der Waals surface area contributed by atoms with Gasteiger partial charge in [-0.25, -0.2) is 0 Å². The molecule has 2 nitrogen and oxygen atoms in total. The van der Waals surface area contributed by atoms with E-state index in [1.54, 1.807) is 11.3 Å². The highest BCUT2D eigenvalue weighted by Gasteiger charge is 2.25. The third-order valence-electron chi connectivity index (χ3n) is 2.23. The molecule has 0 aliphatic carbocycles. The van der Waals surface area contributed by atoms with Gasteiger partial charge in [0.1, 0.15) is 0 Å². The molecule has 1 rings (SSSR count). The summed E-state index contributed by atoms with van der Waals surface area (Å²) in [6.45, 7) is 6.12. The highest BCUT2D eigenvalue weighted by Crippen LogP contribution is 2.29. The fourth-order valence-corrected chi connectivity index (χ4v) is 2.29. The Hall–Kier alpha value is -0.830. The van der Waals surface area contributed by atoms with Gasteiger partial charge in [-0.1, -0.05) is 13.8 Å². The van der Waals surface area contributed by atoms with Crippen molar-refractivity contribution in [2.24, 2.45) is 5.92 Å². The molecule has 1 unspecified atom stereocenters. The van der Waals surface area contributed by atoms with Gasteiger partial charge in [0.25, 0.3) is 0 Å². The van der Waals surface area contributed by atoms with Crippen LogP contribution in [0.25, 0.3) is 0 Å². The van der Waals surface area contributed by atoms with Gasteiger partial charge in [0.2, 0.25) is 0 Å². The topological polar surface area (TPSA) is 26.3 Å². The van der Waals surface area contributed by atoms with Crippen LogP contribution >= 0.6 is 11.3 Å². The van der Waals surface area contributed by atoms with Crippen molar-refractivity contribution in [1.82, 2.24) is 0 Å². The van der Waals surface area contributed by atoms with Crippen LogP contribution in [0, 0.1) is 12.8 Å². The molecule has 0 aliphatic rings. The van der Waals surface area contributed by atoms with Gasteiger partial charge < -0.3 is 4.74 Å². The lowest BCUT2D eigenvalue weighted by molar-refractivity contribution is -0.143. The van der Waals surface area contributed by atoms with E-state index < -0.39 is 0 Å². The van der Waals surface area contributed by atoms with Crippen LogP contribution in [0.5, 0.6) is 0 Å². The molecule has 0 aromatic carbocycles. The fraction of sp³-hybridized carbons (Fsp3) is 0.545. The van der Waals surface area contributed by atoms with Crippen molar-refractivity contribution in [1.29, 1.82) is 0 Å². The number of methoxy groups -OCH3 is 1. The quantitative estimate of drug-likeness (QED) is 0.720. The van der Waals surface area contributed by atoms with Crippen molar-refractivity contribution in [3.8, 4) is 0 Å². The molecule has 0 radical (unpaired) electrons. The summed E-state index contributed by atoms with van der Waals surface area (Å²) in [5.41, 5.74) is 1.08. The third kappa shape index (κ3) is 2.35. The smallest absolute Gasteiger partial charge is 0.313 e. The normalized spacial score (nSPS) is 12.9. The molecule has 3 heteroatoms. The Morgan fingerprint density at radius 2 is 2.14 bits per heavy atom. The number of hydrogen-bond acceptors (Lipinski definition) is 3. The predicted octanol–water partition coefficient (Wildman–Crippen LogP) is 2.97. The Morgan fingerprint density at radius 1 is 1.50 bits per heavy atom. The van der Waals surface area contributed by atoms with Crippen molar-refractivity contribution in [2.45, 2.75) is 26.7 Å². The number of hydrogen-bond donors (Lipinski definition) is 0. The molecular weight excluding hydrogens is 196 g/mol. The van der Waals surface area contributed by atoms with Crippen molar-refractivity contribution in [3.63, 3.8) is 0 Å². The van der Waals surface area contributed by atoms with Gasteiger partial charge in [-0.2, -0.15) is 0 Å². The van der Waals surface area contributed by atoms with E-state index in [1.807, 2.05) is 26.2 Å². The van der Waals surface area contributed by atoms with Gasteiger partial charge in [-0.15, -0.1) is 11.3 Å². The molecule has 0 saturated carbocycles. The number of esters is 1. The Bertz CT molecular complexity index is 315. The van der Waals surface area contributed by atoms with Crippen molar-refractivity contribution in [2.75, 3.05) is 7.11 Å². The highest BCUT2D eigenvalue weighted by molar-refractivity contribution is 7.10. The molecule has 1 atom stereocenters. The maximum atomic E-state index is 11.5. The lowest BCUT2D eigenvalue weighted by atomic mass is 9.90. The summed E-state index contributed by atoms with van der Waals surface area (Å²) in [5.74, 6) is 0.0131. The van der Waals surface area contributed by atoms with Crippen LogP contribution in [0.15, 0.2) is 11.4 Å². The molecule has 0 saturated heterocycles. The van der Waals surface area contributed by atoms with Crippen molar-refractivity contribution < 1.29 is 9.53 Å². The minimum Gasteiger partial charge on any atom is -0.469 e. The monoisotopic (exact) mass is 212 g/mol. The summed E-state index contributed by atoms with van der Waals surface area (Å²) in [6, 6.07) is 2.06. The summed E-state index contributed by atoms with van der Waals surface area (Å²) in [4.78, 5) is 12.8. The SMILES string of the molecule is COC(=O)C(c1csc(C)c1)C(C)C. The van der Waals surface area contributed by atoms with Crippen LogP contribution in [0.3, 0.4) is 0 Å². The van der Waals surface area contributed by atoms with E-state index in [4.69, 9.17) is 4.74 Å². The van der Waals surface area contributed by atoms with Gasteiger partial charge >= 0.3 is 5.97 Å². The van der Waals surface area contributed by atoms with Crippen LogP contribution in [0.2, 0.25) is 0 Å². The second-order valence-electron chi connectivity index (χ2n) is 3.74. The van der Waals surface area contributed by atoms with E-state index in [0.717, 1.165) is 5.56 Å². The lowest BCUT2D eigenvalue weighted by Crippen LogP contribution is -2.18. The van der Waals surface area contributed by atoms with Gasteiger partial charge in [0.05, 0.1) is 13.0 Å². The van der Waals surface area contributed by atoms with Gasteiger partial charge in [-0.3, -0.25) is 4.79 Å². The summed E-state index contributed by atoms with van der Waals surface area (Å²) >= 11 is 1.67. The maximum absolute atomic E-state index is 11.5. The number of carbonyl (C=O) groups excluding carboxylic acids is 1. The molecular formula is C11H16O2S. The highest BCUT2D eigenvalue weighted by atomic mass is 32.1. The van der Waals surface area contributed by atoms with Crippen LogP contribution in [-0.2, 0) is 9.53 Å². The number of rotatable bonds is 3. The largest absolute Gasteiger partial charge is 0.469 e. The lowest BCUT2D eigenvalue weighted by Gasteiger charge is -2.16. The van der Waals surface area contributed by atoms with E-state index in [2.05, 4.69) is 6.07 Å². The fourth-order valence-electron chi connectivity index (χ4n) is 1.55. The van der Waals surface area contributed by atoms with Gasteiger partial charge in [0.15, 0.2) is 0 Å². The predicted molar refractivity (Wildman–Crippen MR) is 58.7 cm³/mol. The first kappa shape index (κ1) is 11.2. The van der Waals surface area contributed by atoms with Crippen LogP contribution in [-0.4, -0.2) is 13.1 Å². The number of aryl methyl sites for hydroxylation is 1. The summed E-state index contributed by atoms with van der Waals surface area (Å²) in [6.07, 6.45) is 0. The van der Waals surface area contributed by atoms with E-state index in [1.165, 1.54) is 12.0 Å². The van der Waals surface area contributed by atoms with E-state index >= 15 is 0 Å². The van der Waals surface area contributed by atoms with E-state index in [-0.39, 0.29) is 17.8 Å². The van der Waals surface area contributed by atoms with Gasteiger partial charge in [-0.05, 0) is 29.9 Å². The first-order valence-electron chi connectivity index (χ1n) is 4.69. The van der Waals surface area contributed by atoms with Crippen LogP contribution < -0.4 is 0 Å². The van der Waals surface area contributed by atoms with Gasteiger partial charge in [0, 0.05) is 4.88 Å². The van der Waals surface area contributed by atoms with E-state index in [9.17, 15) is 4.79 Å². The summed E-state index contributed by atoms with van der Waals surface area (Å²) in [7, 11) is 1.44. The molecule has 1 aromatic heterocycles. The zero-order chi connectivity index (χ0) is 10.7. The molecule has 0 bridgehead atoms. The molecule has 0 fully saturated rings. The number of carbonyl (C=O) groups is 1. The second-order valence-corrected chi connectivity index (χ2v) is 4.85. The zero-order valence-electron chi connectivity index (χ0n) is 9.03. The molecule has 1 heterocycles. The zero-order valence-corrected chi connectivity index (χ0v) is 9.85. The minimum absolute atomic E-state index is 0.120. The summed E-state index contributed by atoms with van der Waals surface area (Å²) < 4.78 is 4.80. The molecule has 0 spiro atoms. The Morgan fingerprint density at radius 3 is 2.50 bits per heavy atom. The first-order valence-corrected chi connectivity index (χ1v) is 5.57. The maximum Gasteiger partial charge on any atom is 0.313 e. The van der Waals surface area contributed by atoms with Crippen LogP contribution in [0.1, 0.15) is 30.2 Å². The average Bonchev–Trinajstić information content (AvgIpc) is 2.51. The molecule has 0 amide bonds. The minimum atomic E-state index is -0.141. The Labute approximate surface area is 88.9 Å². The Kier molecular flexibility index (Phi) is 3.69. The molecule has 14 heavy (non-hydrogen) atoms. The van der Waals surface area contributed by atoms with Crippen molar-refractivity contribution in [3.05, 3.63) is 21.9 Å². The number of thiophene rings is 1. The standard InChI is InChI=1S/C11H16O2S/c1-7(2)10(11(12)13-4)9-5-8(3)14-6-9/h5-7,10H,1-4H3. The first-order chi connectivity index (χ1) is 6.56.